The van der Waals surface area contributed by atoms with Crippen molar-refractivity contribution < 1.29 is 23.9 Å². The lowest BCUT2D eigenvalue weighted by molar-refractivity contribution is -0.147. The Morgan fingerprint density at radius 1 is 0.718 bits per heavy atom. The molecule has 0 saturated heterocycles. The molecule has 2 amide bonds. The Kier molecular flexibility index (Phi) is 16.1. The van der Waals surface area contributed by atoms with E-state index in [4.69, 9.17) is 9.47 Å². The highest BCUT2D eigenvalue weighted by Gasteiger charge is 2.28. The SMILES string of the molecule is CCCCCCCCCCCC(=O)N[C@H](C[C@H](NC(=O)OCc1ccccc1)c1ccccc1)C(=O)OCC. The smallest absolute Gasteiger partial charge is 0.407 e. The van der Waals surface area contributed by atoms with E-state index >= 15 is 0 Å². The van der Waals surface area contributed by atoms with Gasteiger partial charge in [0, 0.05) is 12.8 Å². The number of hydrogen-bond donors (Lipinski definition) is 2. The molecule has 0 aromatic heterocycles. The number of ether oxygens (including phenoxy) is 2. The topological polar surface area (TPSA) is 93.7 Å². The Balaban J connectivity index is 1.92. The van der Waals surface area contributed by atoms with Crippen LogP contribution in [0.1, 0.15) is 102 Å². The highest BCUT2D eigenvalue weighted by molar-refractivity contribution is 5.84. The minimum atomic E-state index is -0.893. The van der Waals surface area contributed by atoms with Gasteiger partial charge in [-0.3, -0.25) is 4.79 Å². The summed E-state index contributed by atoms with van der Waals surface area (Å²) in [4.78, 5) is 38.2. The summed E-state index contributed by atoms with van der Waals surface area (Å²) in [5.41, 5.74) is 1.67. The third kappa shape index (κ3) is 13.8. The van der Waals surface area contributed by atoms with Gasteiger partial charge in [0.15, 0.2) is 0 Å². The molecule has 0 spiro atoms. The molecule has 0 aliphatic heterocycles. The van der Waals surface area contributed by atoms with Gasteiger partial charge in [0.05, 0.1) is 12.6 Å². The van der Waals surface area contributed by atoms with E-state index in [-0.39, 0.29) is 25.5 Å². The molecule has 0 aliphatic rings. The Morgan fingerprint density at radius 2 is 1.31 bits per heavy atom. The van der Waals surface area contributed by atoms with E-state index in [2.05, 4.69) is 17.6 Å². The number of unbranched alkanes of at least 4 members (excludes halogenated alkanes) is 8. The highest BCUT2D eigenvalue weighted by atomic mass is 16.5. The monoisotopic (exact) mass is 538 g/mol. The molecule has 0 heterocycles. The van der Waals surface area contributed by atoms with Crippen molar-refractivity contribution in [3.8, 4) is 0 Å². The second-order valence-corrected chi connectivity index (χ2v) is 9.86. The van der Waals surface area contributed by atoms with Gasteiger partial charge in [0.25, 0.3) is 0 Å². The average Bonchev–Trinajstić information content (AvgIpc) is 2.95. The van der Waals surface area contributed by atoms with E-state index in [9.17, 15) is 14.4 Å². The quantitative estimate of drug-likeness (QED) is 0.148. The van der Waals surface area contributed by atoms with Crippen LogP contribution >= 0.6 is 0 Å². The van der Waals surface area contributed by atoms with Crippen molar-refractivity contribution in [3.63, 3.8) is 0 Å². The van der Waals surface area contributed by atoms with E-state index < -0.39 is 24.1 Å². The Hall–Kier alpha value is -3.35. The Bertz CT molecular complexity index is 952. The van der Waals surface area contributed by atoms with Crippen LogP contribution in [0, 0.1) is 0 Å². The van der Waals surface area contributed by atoms with Gasteiger partial charge in [-0.2, -0.15) is 0 Å². The molecular weight excluding hydrogens is 492 g/mol. The van der Waals surface area contributed by atoms with Gasteiger partial charge in [0.2, 0.25) is 5.91 Å². The fraction of sp³-hybridized carbons (Fsp3) is 0.531. The van der Waals surface area contributed by atoms with Gasteiger partial charge < -0.3 is 20.1 Å². The molecule has 0 aliphatic carbocycles. The standard InChI is InChI=1S/C32H46N2O5/c1-3-5-6-7-8-9-10-11-18-23-30(35)33-29(31(36)38-4-2)24-28(27-21-16-13-17-22-27)34-32(37)39-25-26-19-14-12-15-20-26/h12-17,19-22,28-29H,3-11,18,23-25H2,1-2H3,(H,33,35)(H,34,37)/t28-,29+/m0/s1. The summed E-state index contributed by atoms with van der Waals surface area (Å²) in [5, 5.41) is 5.72. The fourth-order valence-corrected chi connectivity index (χ4v) is 4.43. The van der Waals surface area contributed by atoms with Crippen LogP contribution < -0.4 is 10.6 Å². The number of rotatable bonds is 19. The summed E-state index contributed by atoms with van der Waals surface area (Å²) < 4.78 is 10.7. The summed E-state index contributed by atoms with van der Waals surface area (Å²) in [5.74, 6) is -0.701. The maximum atomic E-state index is 12.8. The predicted octanol–water partition coefficient (Wildman–Crippen LogP) is 7.01. The van der Waals surface area contributed by atoms with Gasteiger partial charge in [-0.15, -0.1) is 0 Å². The van der Waals surface area contributed by atoms with Crippen LogP contribution in [0.15, 0.2) is 60.7 Å². The lowest BCUT2D eigenvalue weighted by atomic mass is 9.99. The first kappa shape index (κ1) is 31.9. The Labute approximate surface area is 234 Å². The van der Waals surface area contributed by atoms with E-state index in [1.807, 2.05) is 60.7 Å². The zero-order valence-electron chi connectivity index (χ0n) is 23.7. The predicted molar refractivity (Wildman–Crippen MR) is 154 cm³/mol. The molecule has 0 saturated carbocycles. The number of amides is 2. The van der Waals surface area contributed by atoms with Crippen molar-refractivity contribution in [1.29, 1.82) is 0 Å². The van der Waals surface area contributed by atoms with Crippen molar-refractivity contribution in [2.24, 2.45) is 0 Å². The minimum absolute atomic E-state index is 0.130. The number of carbonyl (C=O) groups excluding carboxylic acids is 3. The molecule has 0 radical (unpaired) electrons. The lowest BCUT2D eigenvalue weighted by Gasteiger charge is -2.24. The van der Waals surface area contributed by atoms with Crippen molar-refractivity contribution in [3.05, 3.63) is 71.8 Å². The second-order valence-electron chi connectivity index (χ2n) is 9.86. The summed E-state index contributed by atoms with van der Waals surface area (Å²) in [7, 11) is 0. The number of hydrogen-bond acceptors (Lipinski definition) is 5. The molecule has 7 heteroatoms. The summed E-state index contributed by atoms with van der Waals surface area (Å²) in [6.45, 7) is 4.28. The van der Waals surface area contributed by atoms with Crippen LogP contribution in [0.2, 0.25) is 0 Å². The zero-order chi connectivity index (χ0) is 28.1. The van der Waals surface area contributed by atoms with Crippen LogP contribution in [0.4, 0.5) is 4.79 Å². The molecule has 2 N–H and O–H groups in total. The van der Waals surface area contributed by atoms with Gasteiger partial charge >= 0.3 is 12.1 Å². The average molecular weight is 539 g/mol. The van der Waals surface area contributed by atoms with Crippen molar-refractivity contribution in [1.82, 2.24) is 10.6 Å². The molecule has 2 atom stereocenters. The van der Waals surface area contributed by atoms with Crippen LogP contribution in [-0.4, -0.2) is 30.6 Å². The molecule has 214 valence electrons. The third-order valence-corrected chi connectivity index (χ3v) is 6.59. The van der Waals surface area contributed by atoms with E-state index in [0.29, 0.717) is 6.42 Å². The zero-order valence-corrected chi connectivity index (χ0v) is 23.7. The molecule has 39 heavy (non-hydrogen) atoms. The molecule has 7 nitrogen and oxygen atoms in total. The molecule has 0 bridgehead atoms. The van der Waals surface area contributed by atoms with Gasteiger partial charge in [-0.05, 0) is 24.5 Å². The normalized spacial score (nSPS) is 12.3. The molecule has 2 rings (SSSR count). The molecular formula is C32H46N2O5. The van der Waals surface area contributed by atoms with Crippen LogP contribution in [-0.2, 0) is 25.7 Å². The van der Waals surface area contributed by atoms with E-state index in [0.717, 1.165) is 30.4 Å². The largest absolute Gasteiger partial charge is 0.464 e. The first-order valence-electron chi connectivity index (χ1n) is 14.5. The number of nitrogens with one attached hydrogen (secondary N) is 2. The van der Waals surface area contributed by atoms with Crippen LogP contribution in [0.3, 0.4) is 0 Å². The molecule has 0 fully saturated rings. The lowest BCUT2D eigenvalue weighted by Crippen LogP contribution is -2.45. The maximum absolute atomic E-state index is 12.8. The van der Waals surface area contributed by atoms with E-state index in [1.165, 1.54) is 38.5 Å². The number of carbonyl (C=O) groups is 3. The van der Waals surface area contributed by atoms with Crippen LogP contribution in [0.25, 0.3) is 0 Å². The maximum Gasteiger partial charge on any atom is 0.407 e. The molecule has 0 unspecified atom stereocenters. The first-order chi connectivity index (χ1) is 19.0. The molecule has 2 aromatic rings. The fourth-order valence-electron chi connectivity index (χ4n) is 4.43. The number of benzene rings is 2. The van der Waals surface area contributed by atoms with Crippen molar-refractivity contribution in [2.45, 2.75) is 103 Å². The van der Waals surface area contributed by atoms with Crippen molar-refractivity contribution >= 4 is 18.0 Å². The summed E-state index contributed by atoms with van der Waals surface area (Å²) in [6, 6.07) is 17.3. The van der Waals surface area contributed by atoms with Crippen molar-refractivity contribution in [2.75, 3.05) is 6.61 Å². The molecule has 2 aromatic carbocycles. The highest BCUT2D eigenvalue weighted by Crippen LogP contribution is 2.20. The summed E-state index contributed by atoms with van der Waals surface area (Å²) >= 11 is 0. The Morgan fingerprint density at radius 3 is 1.92 bits per heavy atom. The van der Waals surface area contributed by atoms with Gasteiger partial charge in [0.1, 0.15) is 12.6 Å². The van der Waals surface area contributed by atoms with Crippen LogP contribution in [0.5, 0.6) is 0 Å². The van der Waals surface area contributed by atoms with E-state index in [1.54, 1.807) is 6.92 Å². The number of alkyl carbamates (subject to hydrolysis) is 1. The first-order valence-corrected chi connectivity index (χ1v) is 14.5. The second kappa shape index (κ2) is 19.7. The summed E-state index contributed by atoms with van der Waals surface area (Å²) in [6.07, 6.45) is 10.4. The minimum Gasteiger partial charge on any atom is -0.464 e. The van der Waals surface area contributed by atoms with Gasteiger partial charge in [-0.1, -0.05) is 119 Å². The van der Waals surface area contributed by atoms with Gasteiger partial charge in [-0.25, -0.2) is 9.59 Å². The third-order valence-electron chi connectivity index (χ3n) is 6.59. The number of esters is 1.